The molecule has 0 aromatic rings. The van der Waals surface area contributed by atoms with Crippen LogP contribution in [-0.4, -0.2) is 263 Å². The number of unbranched alkanes of at least 4 members (excludes halogenated alkanes) is 12. The van der Waals surface area contributed by atoms with Gasteiger partial charge >= 0.3 is 41.8 Å². The molecule has 17 atom stereocenters. The summed E-state index contributed by atoms with van der Waals surface area (Å²) in [4.78, 5) is 192. The van der Waals surface area contributed by atoms with Crippen molar-refractivity contribution in [3.05, 3.63) is 0 Å². The lowest BCUT2D eigenvalue weighted by Gasteiger charge is -2.44. The first kappa shape index (κ1) is 106. The highest BCUT2D eigenvalue weighted by Crippen LogP contribution is 2.34. The minimum absolute atomic E-state index is 0.0953. The number of hydrogen-bond acceptors (Lipinski definition) is 29. The molecule has 3 aliphatic heterocycles. The van der Waals surface area contributed by atoms with Crippen molar-refractivity contribution in [3.63, 3.8) is 0 Å². The predicted octanol–water partition coefficient (Wildman–Crippen LogP) is 5.74. The number of amides is 7. The Morgan fingerprint density at radius 1 is 0.412 bits per heavy atom. The highest BCUT2D eigenvalue weighted by molar-refractivity contribution is 8.39. The number of thiol groups is 1. The molecule has 3 aliphatic rings. The summed E-state index contributed by atoms with van der Waals surface area (Å²) < 4.78 is 74.8. The van der Waals surface area contributed by atoms with Gasteiger partial charge < -0.3 is 98.0 Å². The Bertz CT molecular complexity index is 3290. The Balaban J connectivity index is 1.67. The van der Waals surface area contributed by atoms with Crippen LogP contribution >= 0.6 is 8.02 Å². The van der Waals surface area contributed by atoms with Crippen molar-refractivity contribution >= 4 is 117 Å². The number of carbonyl (C=O) groups is 15. The maximum absolute atomic E-state index is 14.5. The van der Waals surface area contributed by atoms with E-state index in [1.807, 2.05) is 0 Å². The average Bonchev–Trinajstić information content (AvgIpc) is 0.807. The Morgan fingerprint density at radius 2 is 0.739 bits per heavy atom. The fourth-order valence-electron chi connectivity index (χ4n) is 14.3. The van der Waals surface area contributed by atoms with Gasteiger partial charge in [0.05, 0.1) is 30.3 Å². The molecule has 0 aliphatic carbocycles. The second-order valence-electron chi connectivity index (χ2n) is 30.6. The number of nitrogens with one attached hydrogen (secondary N) is 5. The van der Waals surface area contributed by atoms with Crippen molar-refractivity contribution < 1.29 is 133 Å². The summed E-state index contributed by atoms with van der Waals surface area (Å²) in [5.41, 5.74) is 0. The van der Waals surface area contributed by atoms with Crippen molar-refractivity contribution in [2.24, 2.45) is 17.8 Å². The number of Topliss-reactive ketones (excluding diaryl/α,β-unsaturated/α-hetero) is 1. The normalized spacial score (nSPS) is 23.2. The summed E-state index contributed by atoms with van der Waals surface area (Å²) in [6.07, 6.45) is 2.97. The Hall–Kier alpha value is -7.12. The van der Waals surface area contributed by atoms with E-state index >= 15 is 0 Å². The van der Waals surface area contributed by atoms with Crippen LogP contribution in [0.25, 0.3) is 0 Å². The minimum Gasteiger partial charge on any atom is -0.463 e. The van der Waals surface area contributed by atoms with Gasteiger partial charge in [-0.3, -0.25) is 71.9 Å². The average molecular weight is 1750 g/mol. The van der Waals surface area contributed by atoms with Crippen molar-refractivity contribution in [2.75, 3.05) is 84.7 Å². The first-order chi connectivity index (χ1) is 56.5. The summed E-state index contributed by atoms with van der Waals surface area (Å²) in [5, 5.41) is 14.5. The highest BCUT2D eigenvalue weighted by atomic mass is 32.9. The van der Waals surface area contributed by atoms with Crippen LogP contribution in [0.2, 0.25) is 0 Å². The molecule has 0 bridgehead atoms. The van der Waals surface area contributed by atoms with Crippen molar-refractivity contribution in [1.29, 1.82) is 0 Å². The molecule has 7 amide bonds. The molecule has 680 valence electrons. The van der Waals surface area contributed by atoms with Gasteiger partial charge in [0.1, 0.15) is 62.2 Å². The van der Waals surface area contributed by atoms with E-state index in [1.54, 1.807) is 37.5 Å². The van der Waals surface area contributed by atoms with E-state index in [0.29, 0.717) is 64.2 Å². The number of ether oxygens (including phenoxy) is 13. The minimum atomic E-state index is -1.19. The molecule has 0 aromatic heterocycles. The zero-order valence-corrected chi connectivity index (χ0v) is 74.8. The van der Waals surface area contributed by atoms with E-state index < -0.39 is 154 Å². The van der Waals surface area contributed by atoms with Gasteiger partial charge in [-0.2, -0.15) is 0 Å². The molecule has 0 radical (unpaired) electrons. The highest BCUT2D eigenvalue weighted by Gasteiger charge is 2.50. The molecular weight excluding hydrogens is 1610 g/mol. The van der Waals surface area contributed by atoms with Crippen LogP contribution in [0.3, 0.4) is 0 Å². The fraction of sp³-hybridized carbons (Fsp3) is 0.815. The Morgan fingerprint density at radius 3 is 1.08 bits per heavy atom. The summed E-state index contributed by atoms with van der Waals surface area (Å²) >= 11 is 5.14. The van der Waals surface area contributed by atoms with Crippen LogP contribution in [0, 0.1) is 17.8 Å². The standard InChI is InChI=1S/C81H136N7O28PS2/c1-14-64(113-71(102)37-36-63(98)50-119(117)118)78(103)88(41-31-39-83-69(100)34-25-19-16-22-28-45-105-80-73(85-55(6)90)52(3)76(111-61(12)96)66(115-80)48-108-58(9)93)43-32-42-87(70(101)35-26-20-17-23-29-46-106-81-74(86-56(7)91)53(4)77(112-62(13)97)67(116-81)49-109-59(10)94)40-30-38-82-68(99)33-24-18-15-21-27-44-104-79-72(84-54(5)89)51(2)75(110-60(11)95)65(114-79)47-107-57(8)92/h51-53,64-67,72-77,79-81,117,119H,14-50H2,1-13H3,(H,82,99)(H,83,100)(H,84,89)(H,85,90)(H,86,91)/t51-,52-,53-,64?,65?,66?,67?,72?,73?,74?,75-,76-,77-,79-,80-,81-/m1/s1. The predicted molar refractivity (Wildman–Crippen MR) is 441 cm³/mol. The van der Waals surface area contributed by atoms with Gasteiger partial charge in [-0.15, -0.1) is 8.63 Å². The van der Waals surface area contributed by atoms with Crippen molar-refractivity contribution in [3.8, 4) is 0 Å². The molecule has 5 N–H and O–H groups in total. The fourth-order valence-corrected chi connectivity index (χ4v) is 15.7. The van der Waals surface area contributed by atoms with Gasteiger partial charge in [0.15, 0.2) is 25.0 Å². The van der Waals surface area contributed by atoms with Gasteiger partial charge in [0.2, 0.25) is 35.4 Å². The maximum atomic E-state index is 14.5. The van der Waals surface area contributed by atoms with Crippen LogP contribution in [0.15, 0.2) is 0 Å². The lowest BCUT2D eigenvalue weighted by Crippen LogP contribution is -2.62. The van der Waals surface area contributed by atoms with Crippen molar-refractivity contribution in [1.82, 2.24) is 36.4 Å². The van der Waals surface area contributed by atoms with Gasteiger partial charge in [-0.25, -0.2) is 0 Å². The van der Waals surface area contributed by atoms with Crippen LogP contribution in [-0.2, 0) is 153 Å². The van der Waals surface area contributed by atoms with Crippen LogP contribution in [0.1, 0.15) is 244 Å². The summed E-state index contributed by atoms with van der Waals surface area (Å²) in [5.74, 6) is -7.50. The van der Waals surface area contributed by atoms with E-state index in [1.165, 1.54) is 62.3 Å². The summed E-state index contributed by atoms with van der Waals surface area (Å²) in [6, 6.07) is -2.02. The third-order valence-corrected chi connectivity index (χ3v) is 21.7. The third kappa shape index (κ3) is 44.5. The van der Waals surface area contributed by atoms with E-state index in [9.17, 15) is 71.9 Å². The van der Waals surface area contributed by atoms with E-state index in [4.69, 9.17) is 72.8 Å². The van der Waals surface area contributed by atoms with Crippen LogP contribution in [0.4, 0.5) is 0 Å². The largest absolute Gasteiger partial charge is 0.463 e. The van der Waals surface area contributed by atoms with E-state index in [-0.39, 0.29) is 164 Å². The molecule has 38 heteroatoms. The topological polar surface area (TPSA) is 443 Å². The first-order valence-electron chi connectivity index (χ1n) is 42.0. The van der Waals surface area contributed by atoms with Crippen LogP contribution in [0.5, 0.6) is 0 Å². The third-order valence-electron chi connectivity index (χ3n) is 20.2. The zero-order valence-electron chi connectivity index (χ0n) is 72.1. The first-order valence-corrected chi connectivity index (χ1v) is 45.9. The quantitative estimate of drug-likeness (QED) is 0.0139. The molecule has 0 spiro atoms. The number of hydrogen-bond donors (Lipinski definition) is 6. The molecule has 3 fully saturated rings. The lowest BCUT2D eigenvalue weighted by molar-refractivity contribution is -0.262. The molecule has 3 rings (SSSR count). The molecule has 35 nitrogen and oxygen atoms in total. The van der Waals surface area contributed by atoms with Gasteiger partial charge in [-0.1, -0.05) is 105 Å². The summed E-state index contributed by atoms with van der Waals surface area (Å²) in [6.45, 7) is 20.2. The monoisotopic (exact) mass is 1750 g/mol. The van der Waals surface area contributed by atoms with Crippen molar-refractivity contribution in [2.45, 2.75) is 324 Å². The SMILES string of the molecule is CCC(OC(=O)CCC(=O)C[SH](=P)=S)C(=O)N(CCCNC(=O)CCCCCCCO[C@@H]1OC(COC(C)=O)[C@H](OC(C)=O)[C@H](C)C1NC(C)=O)CCCN(CCCNC(=O)CCCCCCCO[C@@H]1OC(COC(C)=O)[C@H](OC(C)=O)[C@H](C)C1NC(C)=O)C(=O)CCCCCCCO[C@@H]1OC(COC(C)=O)[C@H](OC(C)=O)[C@H](C)C1NC(C)=O. The molecular formula is C81H136N7O28PS2. The van der Waals surface area contributed by atoms with Crippen LogP contribution < -0.4 is 26.6 Å². The maximum Gasteiger partial charge on any atom is 0.307 e. The number of nitrogens with zero attached hydrogens (tertiary/aromatic N) is 2. The molecule has 0 aromatic carbocycles. The number of esters is 7. The lowest BCUT2D eigenvalue weighted by atomic mass is 9.88. The molecule has 0 saturated carbocycles. The molecule has 119 heavy (non-hydrogen) atoms. The molecule has 3 heterocycles. The smallest absolute Gasteiger partial charge is 0.307 e. The Kier molecular flexibility index (Phi) is 53.1. The van der Waals surface area contributed by atoms with Gasteiger partial charge in [0, 0.05) is 165 Å². The van der Waals surface area contributed by atoms with Gasteiger partial charge in [-0.05, 0) is 64.2 Å². The Labute approximate surface area is 709 Å². The zero-order chi connectivity index (χ0) is 88.5. The number of carbonyl (C=O) groups excluding carboxylic acids is 15. The molecule has 3 saturated heterocycles. The van der Waals surface area contributed by atoms with Gasteiger partial charge in [0.25, 0.3) is 5.91 Å². The number of ketones is 1. The second-order valence-corrected chi connectivity index (χ2v) is 35.6. The van der Waals surface area contributed by atoms with E-state index in [0.717, 1.165) is 51.4 Å². The second kappa shape index (κ2) is 59.6. The number of rotatable bonds is 59. The van der Waals surface area contributed by atoms with E-state index in [2.05, 4.69) is 34.6 Å². The molecule has 8 unspecified atom stereocenters. The summed E-state index contributed by atoms with van der Waals surface area (Å²) in [7, 11) is 2.18.